The Labute approximate surface area is 113 Å². The zero-order chi connectivity index (χ0) is 13.8. The summed E-state index contributed by atoms with van der Waals surface area (Å²) >= 11 is 0. The van der Waals surface area contributed by atoms with Crippen LogP contribution in [0, 0.1) is 0 Å². The van der Waals surface area contributed by atoms with Crippen LogP contribution in [0.4, 0.5) is 5.69 Å². The molecule has 0 saturated carbocycles. The molecule has 0 spiro atoms. The lowest BCUT2D eigenvalue weighted by Crippen LogP contribution is -2.52. The van der Waals surface area contributed by atoms with E-state index >= 15 is 0 Å². The number of para-hydroxylation sites is 1. The van der Waals surface area contributed by atoms with Gasteiger partial charge < -0.3 is 4.90 Å². The summed E-state index contributed by atoms with van der Waals surface area (Å²) in [5, 5.41) is 2.42. The Hall–Kier alpha value is -1.84. The first-order chi connectivity index (χ1) is 9.25. The molecule has 1 aromatic carbocycles. The number of amides is 2. The van der Waals surface area contributed by atoms with E-state index in [9.17, 15) is 9.59 Å². The maximum atomic E-state index is 11.8. The molecule has 0 aromatic heterocycles. The van der Waals surface area contributed by atoms with Gasteiger partial charge in [0.2, 0.25) is 11.8 Å². The minimum Gasteiger partial charge on any atom is -0.359 e. The molecule has 1 atom stereocenters. The molecule has 2 aliphatic heterocycles. The van der Waals surface area contributed by atoms with Crippen LogP contribution in [-0.2, 0) is 16.0 Å². The summed E-state index contributed by atoms with van der Waals surface area (Å²) in [7, 11) is 0. The Balaban J connectivity index is 0.000000637. The molecule has 1 aromatic rings. The molecule has 102 valence electrons. The van der Waals surface area contributed by atoms with Crippen molar-refractivity contribution in [2.24, 2.45) is 0 Å². The Morgan fingerprint density at radius 2 is 1.89 bits per heavy atom. The standard InChI is InChI=1S/C13H14N2O2.C2H6/c16-12-6-5-11(13(17)14-12)15-8-7-9-3-1-2-4-10(9)15;1-2/h1-4,11H,5-8H2,(H,14,16,17);1-2H3. The monoisotopic (exact) mass is 260 g/mol. The molecule has 0 radical (unpaired) electrons. The number of benzene rings is 1. The van der Waals surface area contributed by atoms with Crippen LogP contribution < -0.4 is 10.2 Å². The van der Waals surface area contributed by atoms with Crippen molar-refractivity contribution in [3.05, 3.63) is 29.8 Å². The van der Waals surface area contributed by atoms with Gasteiger partial charge in [0.25, 0.3) is 0 Å². The van der Waals surface area contributed by atoms with Crippen molar-refractivity contribution in [2.75, 3.05) is 11.4 Å². The van der Waals surface area contributed by atoms with Gasteiger partial charge in [-0.15, -0.1) is 0 Å². The van der Waals surface area contributed by atoms with Gasteiger partial charge in [0.1, 0.15) is 6.04 Å². The van der Waals surface area contributed by atoms with Gasteiger partial charge in [-0.25, -0.2) is 0 Å². The molecule has 0 bridgehead atoms. The van der Waals surface area contributed by atoms with Crippen LogP contribution in [0.25, 0.3) is 0 Å². The van der Waals surface area contributed by atoms with Gasteiger partial charge in [-0.2, -0.15) is 0 Å². The van der Waals surface area contributed by atoms with Gasteiger partial charge in [-0.05, 0) is 24.5 Å². The number of fused-ring (bicyclic) bond motifs is 1. The molecular weight excluding hydrogens is 240 g/mol. The molecule has 1 fully saturated rings. The average Bonchev–Trinajstić information content (AvgIpc) is 2.85. The maximum Gasteiger partial charge on any atom is 0.249 e. The third-order valence-corrected chi connectivity index (χ3v) is 3.51. The molecule has 4 heteroatoms. The van der Waals surface area contributed by atoms with E-state index in [2.05, 4.69) is 16.3 Å². The molecule has 1 saturated heterocycles. The van der Waals surface area contributed by atoms with E-state index < -0.39 is 0 Å². The third kappa shape index (κ3) is 2.62. The van der Waals surface area contributed by atoms with Gasteiger partial charge in [-0.3, -0.25) is 14.9 Å². The van der Waals surface area contributed by atoms with Crippen LogP contribution in [0.3, 0.4) is 0 Å². The number of carbonyl (C=O) groups excluding carboxylic acids is 2. The smallest absolute Gasteiger partial charge is 0.249 e. The number of nitrogens with zero attached hydrogens (tertiary/aromatic N) is 1. The molecule has 4 nitrogen and oxygen atoms in total. The van der Waals surface area contributed by atoms with Gasteiger partial charge in [0.15, 0.2) is 0 Å². The highest BCUT2D eigenvalue weighted by molar-refractivity contribution is 6.01. The molecule has 1 unspecified atom stereocenters. The second-order valence-electron chi connectivity index (χ2n) is 4.54. The van der Waals surface area contributed by atoms with Gasteiger partial charge in [-0.1, -0.05) is 32.0 Å². The number of piperidine rings is 1. The predicted octanol–water partition coefficient (Wildman–Crippen LogP) is 1.88. The zero-order valence-electron chi connectivity index (χ0n) is 11.5. The Kier molecular flexibility index (Phi) is 4.20. The summed E-state index contributed by atoms with van der Waals surface area (Å²) in [6, 6.07) is 7.97. The lowest BCUT2D eigenvalue weighted by molar-refractivity contribution is -0.134. The van der Waals surface area contributed by atoms with E-state index in [0.717, 1.165) is 18.7 Å². The molecule has 19 heavy (non-hydrogen) atoms. The molecular formula is C15H20N2O2. The zero-order valence-corrected chi connectivity index (χ0v) is 11.5. The second-order valence-corrected chi connectivity index (χ2v) is 4.54. The summed E-state index contributed by atoms with van der Waals surface area (Å²) in [6.07, 6.45) is 2.04. The fourth-order valence-electron chi connectivity index (χ4n) is 2.67. The normalized spacial score (nSPS) is 21.4. The topological polar surface area (TPSA) is 49.4 Å². The van der Waals surface area contributed by atoms with Gasteiger partial charge in [0.05, 0.1) is 0 Å². The van der Waals surface area contributed by atoms with Crippen LogP contribution in [0.5, 0.6) is 0 Å². The van der Waals surface area contributed by atoms with Gasteiger partial charge >= 0.3 is 0 Å². The van der Waals surface area contributed by atoms with Crippen molar-refractivity contribution in [3.8, 4) is 0 Å². The average molecular weight is 260 g/mol. The van der Waals surface area contributed by atoms with Crippen LogP contribution in [0.2, 0.25) is 0 Å². The highest BCUT2D eigenvalue weighted by Gasteiger charge is 2.34. The molecule has 1 N–H and O–H groups in total. The number of hydrogen-bond donors (Lipinski definition) is 1. The Bertz CT molecular complexity index is 485. The van der Waals surface area contributed by atoms with Crippen LogP contribution in [-0.4, -0.2) is 24.4 Å². The lowest BCUT2D eigenvalue weighted by atomic mass is 10.0. The SMILES string of the molecule is CC.O=C1CCC(N2CCc3ccccc32)C(=O)N1. The Morgan fingerprint density at radius 3 is 2.63 bits per heavy atom. The molecule has 2 amide bonds. The van der Waals surface area contributed by atoms with Crippen molar-refractivity contribution in [1.82, 2.24) is 5.32 Å². The maximum absolute atomic E-state index is 11.8. The third-order valence-electron chi connectivity index (χ3n) is 3.51. The number of anilines is 1. The summed E-state index contributed by atoms with van der Waals surface area (Å²) in [5.74, 6) is -0.309. The van der Waals surface area contributed by atoms with Crippen molar-refractivity contribution in [2.45, 2.75) is 39.2 Å². The molecule has 2 heterocycles. The molecule has 3 rings (SSSR count). The predicted molar refractivity (Wildman–Crippen MR) is 75.0 cm³/mol. The van der Waals surface area contributed by atoms with E-state index in [1.54, 1.807) is 0 Å². The second kappa shape index (κ2) is 5.87. The first kappa shape index (κ1) is 13.6. The Morgan fingerprint density at radius 1 is 1.16 bits per heavy atom. The molecule has 0 aliphatic carbocycles. The van der Waals surface area contributed by atoms with Crippen LogP contribution in [0.1, 0.15) is 32.3 Å². The summed E-state index contributed by atoms with van der Waals surface area (Å²) < 4.78 is 0. The summed E-state index contributed by atoms with van der Waals surface area (Å²) in [6.45, 7) is 4.87. The van der Waals surface area contributed by atoms with Crippen LogP contribution in [0.15, 0.2) is 24.3 Å². The quantitative estimate of drug-likeness (QED) is 0.784. The number of carbonyl (C=O) groups is 2. The highest BCUT2D eigenvalue weighted by Crippen LogP contribution is 2.31. The minimum atomic E-state index is -0.184. The fourth-order valence-corrected chi connectivity index (χ4v) is 2.67. The van der Waals surface area contributed by atoms with Crippen molar-refractivity contribution in [1.29, 1.82) is 0 Å². The first-order valence-electron chi connectivity index (χ1n) is 6.94. The van der Waals surface area contributed by atoms with E-state index in [1.807, 2.05) is 32.0 Å². The molecule has 2 aliphatic rings. The highest BCUT2D eigenvalue weighted by atomic mass is 16.2. The largest absolute Gasteiger partial charge is 0.359 e. The van der Waals surface area contributed by atoms with E-state index in [1.165, 1.54) is 5.56 Å². The fraction of sp³-hybridized carbons (Fsp3) is 0.467. The van der Waals surface area contributed by atoms with E-state index in [-0.39, 0.29) is 17.9 Å². The number of hydrogen-bond acceptors (Lipinski definition) is 3. The number of nitrogens with one attached hydrogen (secondary N) is 1. The minimum absolute atomic E-state index is 0.154. The van der Waals surface area contributed by atoms with Gasteiger partial charge in [0, 0.05) is 18.7 Å². The van der Waals surface area contributed by atoms with Crippen molar-refractivity contribution >= 4 is 17.5 Å². The van der Waals surface area contributed by atoms with Crippen molar-refractivity contribution < 1.29 is 9.59 Å². The van der Waals surface area contributed by atoms with E-state index in [4.69, 9.17) is 0 Å². The first-order valence-corrected chi connectivity index (χ1v) is 6.94. The summed E-state index contributed by atoms with van der Waals surface area (Å²) in [5.41, 5.74) is 2.43. The van der Waals surface area contributed by atoms with Crippen LogP contribution >= 0.6 is 0 Å². The lowest BCUT2D eigenvalue weighted by Gasteiger charge is -2.31. The number of rotatable bonds is 1. The number of imide groups is 1. The van der Waals surface area contributed by atoms with E-state index in [0.29, 0.717) is 12.8 Å². The van der Waals surface area contributed by atoms with Crippen molar-refractivity contribution in [3.63, 3.8) is 0 Å². The summed E-state index contributed by atoms with van der Waals surface area (Å²) in [4.78, 5) is 25.1.